The van der Waals surface area contributed by atoms with E-state index in [1.54, 1.807) is 24.3 Å². The highest BCUT2D eigenvalue weighted by Gasteiger charge is 2.48. The minimum Gasteiger partial charge on any atom is -0.375 e. The number of hydrogen-bond acceptors (Lipinski definition) is 3. The number of para-hydroxylation sites is 1. The summed E-state index contributed by atoms with van der Waals surface area (Å²) in [5.74, 6) is -0.419. The zero-order valence-corrected chi connectivity index (χ0v) is 11.8. The highest BCUT2D eigenvalue weighted by Crippen LogP contribution is 2.34. The highest BCUT2D eigenvalue weighted by atomic mass is 35.5. The molecule has 0 aliphatic rings. The van der Waals surface area contributed by atoms with Crippen LogP contribution in [-0.2, 0) is 10.1 Å². The van der Waals surface area contributed by atoms with Gasteiger partial charge in [-0.15, -0.1) is 0 Å². The first-order valence-corrected chi connectivity index (χ1v) is 7.35. The van der Waals surface area contributed by atoms with Gasteiger partial charge in [0.25, 0.3) is 0 Å². The average molecular weight is 337 g/mol. The largest absolute Gasteiger partial charge is 0.534 e. The van der Waals surface area contributed by atoms with Crippen LogP contribution in [-0.4, -0.2) is 13.9 Å². The van der Waals surface area contributed by atoms with Crippen molar-refractivity contribution in [2.24, 2.45) is 0 Å². The second-order valence-corrected chi connectivity index (χ2v) is 5.96. The van der Waals surface area contributed by atoms with Crippen molar-refractivity contribution in [2.45, 2.75) is 5.51 Å². The molecule has 0 saturated heterocycles. The lowest BCUT2D eigenvalue weighted by Gasteiger charge is -2.13. The zero-order chi connectivity index (χ0) is 15.7. The van der Waals surface area contributed by atoms with Crippen molar-refractivity contribution in [3.05, 3.63) is 53.6 Å². The monoisotopic (exact) mass is 336 g/mol. The van der Waals surface area contributed by atoms with Crippen LogP contribution in [0.2, 0.25) is 5.02 Å². The van der Waals surface area contributed by atoms with Crippen molar-refractivity contribution < 1.29 is 25.8 Å². The summed E-state index contributed by atoms with van der Waals surface area (Å²) in [6.07, 6.45) is 0. The Balaban J connectivity index is 2.48. The molecule has 2 aromatic carbocycles. The van der Waals surface area contributed by atoms with E-state index in [-0.39, 0.29) is 5.56 Å². The third kappa shape index (κ3) is 3.48. The molecule has 8 heteroatoms. The van der Waals surface area contributed by atoms with Crippen molar-refractivity contribution in [2.75, 3.05) is 0 Å². The normalized spacial score (nSPS) is 12.2. The first-order chi connectivity index (χ1) is 9.71. The second kappa shape index (κ2) is 5.57. The van der Waals surface area contributed by atoms with Gasteiger partial charge in [0.15, 0.2) is 5.75 Å². The zero-order valence-electron chi connectivity index (χ0n) is 10.3. The standard InChI is InChI=1S/C13H8ClF3O3S/c14-10-5-3-4-9(8-10)11-6-1-2-7-12(11)20-21(18,19)13(15,16)17/h1-8H. The summed E-state index contributed by atoms with van der Waals surface area (Å²) in [5.41, 5.74) is -4.86. The molecule has 112 valence electrons. The summed E-state index contributed by atoms with van der Waals surface area (Å²) < 4.78 is 63.5. The van der Waals surface area contributed by atoms with Crippen molar-refractivity contribution in [1.82, 2.24) is 0 Å². The number of alkyl halides is 3. The fourth-order valence-electron chi connectivity index (χ4n) is 1.60. The third-order valence-electron chi connectivity index (χ3n) is 2.51. The van der Waals surface area contributed by atoms with Gasteiger partial charge in [-0.05, 0) is 23.8 Å². The summed E-state index contributed by atoms with van der Waals surface area (Å²) >= 11 is 5.81. The van der Waals surface area contributed by atoms with Gasteiger partial charge in [-0.2, -0.15) is 21.6 Å². The Bertz CT molecular complexity index is 757. The highest BCUT2D eigenvalue weighted by molar-refractivity contribution is 7.88. The van der Waals surface area contributed by atoms with Crippen LogP contribution < -0.4 is 4.18 Å². The molecule has 0 radical (unpaired) electrons. The maximum atomic E-state index is 12.4. The molecule has 3 nitrogen and oxygen atoms in total. The molecule has 0 unspecified atom stereocenters. The first-order valence-electron chi connectivity index (χ1n) is 5.56. The Hall–Kier alpha value is -1.73. The number of hydrogen-bond donors (Lipinski definition) is 0. The molecule has 21 heavy (non-hydrogen) atoms. The van der Waals surface area contributed by atoms with Crippen LogP contribution >= 0.6 is 11.6 Å². The van der Waals surface area contributed by atoms with E-state index in [0.717, 1.165) is 6.07 Å². The summed E-state index contributed by atoms with van der Waals surface area (Å²) in [5, 5.41) is 0.362. The van der Waals surface area contributed by atoms with Gasteiger partial charge in [-0.25, -0.2) is 0 Å². The van der Waals surface area contributed by atoms with Crippen molar-refractivity contribution in [3.63, 3.8) is 0 Å². The van der Waals surface area contributed by atoms with Gasteiger partial charge in [0.1, 0.15) is 0 Å². The smallest absolute Gasteiger partial charge is 0.375 e. The Morgan fingerprint density at radius 2 is 1.67 bits per heavy atom. The number of rotatable bonds is 3. The average Bonchev–Trinajstić information content (AvgIpc) is 2.37. The first kappa shape index (κ1) is 15.7. The summed E-state index contributed by atoms with van der Waals surface area (Å²) in [6.45, 7) is 0. The van der Waals surface area contributed by atoms with Crippen molar-refractivity contribution >= 4 is 21.7 Å². The molecule has 0 atom stereocenters. The number of benzene rings is 2. The van der Waals surface area contributed by atoms with E-state index < -0.39 is 21.4 Å². The van der Waals surface area contributed by atoms with Crippen LogP contribution in [0.5, 0.6) is 5.75 Å². The van der Waals surface area contributed by atoms with Gasteiger partial charge < -0.3 is 4.18 Å². The Morgan fingerprint density at radius 1 is 1.00 bits per heavy atom. The van der Waals surface area contributed by atoms with E-state index in [0.29, 0.717) is 10.6 Å². The Labute approximate surface area is 124 Å². The molecule has 0 aromatic heterocycles. The molecule has 0 amide bonds. The van der Waals surface area contributed by atoms with E-state index in [1.807, 2.05) is 0 Å². The molecule has 0 aliphatic heterocycles. The van der Waals surface area contributed by atoms with Gasteiger partial charge in [-0.3, -0.25) is 0 Å². The van der Waals surface area contributed by atoms with Crippen LogP contribution in [0.15, 0.2) is 48.5 Å². The maximum Gasteiger partial charge on any atom is 0.534 e. The van der Waals surface area contributed by atoms with E-state index >= 15 is 0 Å². The molecular formula is C13H8ClF3O3S. The molecule has 0 N–H and O–H groups in total. The van der Waals surface area contributed by atoms with Gasteiger partial charge in [0.2, 0.25) is 0 Å². The van der Waals surface area contributed by atoms with Gasteiger partial charge >= 0.3 is 15.6 Å². The Kier molecular flexibility index (Phi) is 4.15. The quantitative estimate of drug-likeness (QED) is 0.622. The van der Waals surface area contributed by atoms with E-state index in [9.17, 15) is 21.6 Å². The van der Waals surface area contributed by atoms with Crippen LogP contribution in [0.1, 0.15) is 0 Å². The van der Waals surface area contributed by atoms with E-state index in [2.05, 4.69) is 4.18 Å². The minimum atomic E-state index is -5.72. The van der Waals surface area contributed by atoms with E-state index in [1.165, 1.54) is 18.2 Å². The van der Waals surface area contributed by atoms with Crippen molar-refractivity contribution in [1.29, 1.82) is 0 Å². The van der Waals surface area contributed by atoms with Crippen LogP contribution in [0, 0.1) is 0 Å². The van der Waals surface area contributed by atoms with Crippen LogP contribution in [0.25, 0.3) is 11.1 Å². The molecule has 0 heterocycles. The topological polar surface area (TPSA) is 43.4 Å². The number of halogens is 4. The summed E-state index contributed by atoms with van der Waals surface area (Å²) in [6, 6.07) is 11.7. The Morgan fingerprint density at radius 3 is 2.29 bits per heavy atom. The molecule has 0 fully saturated rings. The predicted octanol–water partition coefficient (Wildman–Crippen LogP) is 4.24. The molecule has 0 aliphatic carbocycles. The molecule has 0 spiro atoms. The molecule has 0 saturated carbocycles. The van der Waals surface area contributed by atoms with Gasteiger partial charge in [0.05, 0.1) is 0 Å². The van der Waals surface area contributed by atoms with Crippen LogP contribution in [0.4, 0.5) is 13.2 Å². The van der Waals surface area contributed by atoms with Crippen LogP contribution in [0.3, 0.4) is 0 Å². The molecule has 2 aromatic rings. The van der Waals surface area contributed by atoms with Gasteiger partial charge in [-0.1, -0.05) is 41.9 Å². The summed E-state index contributed by atoms with van der Waals surface area (Å²) in [7, 11) is -5.72. The molecule has 0 bridgehead atoms. The summed E-state index contributed by atoms with van der Waals surface area (Å²) in [4.78, 5) is 0. The van der Waals surface area contributed by atoms with Crippen molar-refractivity contribution in [3.8, 4) is 16.9 Å². The minimum absolute atomic E-state index is 0.188. The lowest BCUT2D eigenvalue weighted by atomic mass is 10.1. The van der Waals surface area contributed by atoms with Gasteiger partial charge in [0, 0.05) is 10.6 Å². The third-order valence-corrected chi connectivity index (χ3v) is 3.71. The lowest BCUT2D eigenvalue weighted by Crippen LogP contribution is -2.28. The predicted molar refractivity (Wildman–Crippen MR) is 72.5 cm³/mol. The maximum absolute atomic E-state index is 12.4. The molecule has 2 rings (SSSR count). The molecular weight excluding hydrogens is 329 g/mol. The fraction of sp³-hybridized carbons (Fsp3) is 0.0769. The van der Waals surface area contributed by atoms with E-state index in [4.69, 9.17) is 11.6 Å². The lowest BCUT2D eigenvalue weighted by molar-refractivity contribution is -0.0499. The fourth-order valence-corrected chi connectivity index (χ4v) is 2.27. The second-order valence-electron chi connectivity index (χ2n) is 3.99. The SMILES string of the molecule is O=S(=O)(Oc1ccccc1-c1cccc(Cl)c1)C(F)(F)F.